The summed E-state index contributed by atoms with van der Waals surface area (Å²) in [6, 6.07) is 10.4. The summed E-state index contributed by atoms with van der Waals surface area (Å²) in [5.41, 5.74) is 2.08. The van der Waals surface area contributed by atoms with Crippen LogP contribution in [-0.4, -0.2) is 27.7 Å². The predicted octanol–water partition coefficient (Wildman–Crippen LogP) is 3.86. The molecule has 2 atom stereocenters. The van der Waals surface area contributed by atoms with Gasteiger partial charge in [-0.25, -0.2) is 4.98 Å². The maximum absolute atomic E-state index is 12.1. The van der Waals surface area contributed by atoms with Crippen LogP contribution in [0.15, 0.2) is 41.7 Å². The molecule has 1 saturated carbocycles. The van der Waals surface area contributed by atoms with Gasteiger partial charge in [0.2, 0.25) is 5.91 Å². The Balaban J connectivity index is 1.50. The fraction of sp³-hybridized carbons (Fsp3) is 0.444. The van der Waals surface area contributed by atoms with Gasteiger partial charge in [0, 0.05) is 6.04 Å². The van der Waals surface area contributed by atoms with Gasteiger partial charge < -0.3 is 10.3 Å². The number of carbonyl (C=O) groups excluding carboxylic acids is 1. The monoisotopic (exact) mass is 329 g/mol. The van der Waals surface area contributed by atoms with E-state index in [0.29, 0.717) is 17.7 Å². The van der Waals surface area contributed by atoms with Crippen molar-refractivity contribution in [3.8, 4) is 11.3 Å². The molecule has 0 radical (unpaired) electrons. The molecule has 1 aliphatic rings. The first-order valence-electron chi connectivity index (χ1n) is 8.25. The van der Waals surface area contributed by atoms with Crippen LogP contribution >= 0.6 is 11.8 Å². The number of H-pyrrole nitrogens is 1. The topological polar surface area (TPSA) is 57.8 Å². The van der Waals surface area contributed by atoms with E-state index in [9.17, 15) is 4.79 Å². The highest BCUT2D eigenvalue weighted by Crippen LogP contribution is 2.24. The Morgan fingerprint density at radius 3 is 2.87 bits per heavy atom. The van der Waals surface area contributed by atoms with E-state index in [-0.39, 0.29) is 5.91 Å². The number of nitrogens with one attached hydrogen (secondary N) is 2. The molecule has 1 amide bonds. The number of amides is 1. The lowest BCUT2D eigenvalue weighted by Gasteiger charge is -2.29. The Labute approximate surface area is 141 Å². The minimum absolute atomic E-state index is 0.103. The van der Waals surface area contributed by atoms with Crippen LogP contribution in [-0.2, 0) is 4.79 Å². The third-order valence-corrected chi connectivity index (χ3v) is 5.32. The van der Waals surface area contributed by atoms with E-state index in [1.54, 1.807) is 0 Å². The highest BCUT2D eigenvalue weighted by Gasteiger charge is 2.22. The zero-order valence-electron chi connectivity index (χ0n) is 13.4. The number of carbonyl (C=O) groups is 1. The predicted molar refractivity (Wildman–Crippen MR) is 94.3 cm³/mol. The van der Waals surface area contributed by atoms with Crippen molar-refractivity contribution in [1.29, 1.82) is 0 Å². The molecule has 3 rings (SSSR count). The largest absolute Gasteiger partial charge is 0.352 e. The molecule has 1 aromatic heterocycles. The third-order valence-electron chi connectivity index (χ3n) is 4.44. The Morgan fingerprint density at radius 2 is 2.09 bits per heavy atom. The van der Waals surface area contributed by atoms with Crippen molar-refractivity contribution in [3.05, 3.63) is 36.5 Å². The van der Waals surface area contributed by atoms with Crippen LogP contribution in [0.1, 0.15) is 32.6 Å². The standard InChI is InChI=1S/C18H23N3OS/c1-13-7-5-6-10-15(13)20-17(22)12-23-18-19-11-16(21-18)14-8-3-2-4-9-14/h2-4,8-9,11,13,15H,5-7,10,12H2,1H3,(H,19,21)(H,20,22)/t13-,15-/m1/s1. The Bertz CT molecular complexity index is 641. The first kappa shape index (κ1) is 16.1. The zero-order chi connectivity index (χ0) is 16.1. The SMILES string of the molecule is C[C@@H]1CCCC[C@H]1NC(=O)CSc1ncc(-c2ccccc2)[nH]1. The van der Waals surface area contributed by atoms with Crippen molar-refractivity contribution < 1.29 is 4.79 Å². The number of benzene rings is 1. The van der Waals surface area contributed by atoms with Crippen LogP contribution in [0.3, 0.4) is 0 Å². The molecular weight excluding hydrogens is 306 g/mol. The molecule has 4 nitrogen and oxygen atoms in total. The van der Waals surface area contributed by atoms with E-state index in [1.165, 1.54) is 31.0 Å². The maximum Gasteiger partial charge on any atom is 0.230 e. The van der Waals surface area contributed by atoms with Gasteiger partial charge in [0.05, 0.1) is 17.6 Å². The van der Waals surface area contributed by atoms with Gasteiger partial charge in [-0.05, 0) is 24.3 Å². The van der Waals surface area contributed by atoms with Crippen molar-refractivity contribution >= 4 is 17.7 Å². The number of hydrogen-bond acceptors (Lipinski definition) is 3. The number of aromatic amines is 1. The molecule has 2 N–H and O–H groups in total. The lowest BCUT2D eigenvalue weighted by atomic mass is 9.86. The fourth-order valence-corrected chi connectivity index (χ4v) is 3.71. The maximum atomic E-state index is 12.1. The lowest BCUT2D eigenvalue weighted by Crippen LogP contribution is -2.41. The molecule has 1 heterocycles. The summed E-state index contributed by atoms with van der Waals surface area (Å²) in [7, 11) is 0. The molecule has 0 unspecified atom stereocenters. The normalized spacial score (nSPS) is 21.1. The summed E-state index contributed by atoms with van der Waals surface area (Å²) in [6.45, 7) is 2.23. The van der Waals surface area contributed by atoms with E-state index in [4.69, 9.17) is 0 Å². The first-order valence-corrected chi connectivity index (χ1v) is 9.23. The van der Waals surface area contributed by atoms with Crippen molar-refractivity contribution in [2.45, 2.75) is 43.8 Å². The van der Waals surface area contributed by atoms with Gasteiger partial charge in [-0.2, -0.15) is 0 Å². The van der Waals surface area contributed by atoms with Crippen molar-refractivity contribution in [3.63, 3.8) is 0 Å². The Kier molecular flexibility index (Phi) is 5.39. The molecule has 0 saturated heterocycles. The lowest BCUT2D eigenvalue weighted by molar-refractivity contribution is -0.119. The van der Waals surface area contributed by atoms with Crippen molar-refractivity contribution in [2.24, 2.45) is 5.92 Å². The second-order valence-electron chi connectivity index (χ2n) is 6.19. The Morgan fingerprint density at radius 1 is 1.30 bits per heavy atom. The molecule has 1 aliphatic carbocycles. The second kappa shape index (κ2) is 7.68. The minimum atomic E-state index is 0.103. The molecule has 0 bridgehead atoms. The molecule has 23 heavy (non-hydrogen) atoms. The van der Waals surface area contributed by atoms with Crippen molar-refractivity contribution in [2.75, 3.05) is 5.75 Å². The summed E-state index contributed by atoms with van der Waals surface area (Å²) in [5, 5.41) is 3.96. The average molecular weight is 329 g/mol. The fourth-order valence-electron chi connectivity index (χ4n) is 3.05. The number of thioether (sulfide) groups is 1. The molecule has 2 aromatic rings. The molecule has 0 spiro atoms. The van der Waals surface area contributed by atoms with E-state index < -0.39 is 0 Å². The van der Waals surface area contributed by atoms with Gasteiger partial charge in [0.1, 0.15) is 0 Å². The van der Waals surface area contributed by atoms with E-state index in [0.717, 1.165) is 22.8 Å². The van der Waals surface area contributed by atoms with Gasteiger partial charge in [-0.1, -0.05) is 61.9 Å². The molecule has 1 aromatic carbocycles. The number of hydrogen-bond donors (Lipinski definition) is 2. The molecule has 122 valence electrons. The van der Waals surface area contributed by atoms with Gasteiger partial charge in [0.25, 0.3) is 0 Å². The van der Waals surface area contributed by atoms with Crippen molar-refractivity contribution in [1.82, 2.24) is 15.3 Å². The summed E-state index contributed by atoms with van der Waals surface area (Å²) >= 11 is 1.46. The van der Waals surface area contributed by atoms with Crippen LogP contribution in [0.25, 0.3) is 11.3 Å². The average Bonchev–Trinajstić information content (AvgIpc) is 3.05. The van der Waals surface area contributed by atoms with E-state index in [2.05, 4.69) is 22.2 Å². The number of rotatable bonds is 5. The number of imidazole rings is 1. The molecule has 1 fully saturated rings. The summed E-state index contributed by atoms with van der Waals surface area (Å²) < 4.78 is 0. The Hall–Kier alpha value is -1.75. The van der Waals surface area contributed by atoms with E-state index in [1.807, 2.05) is 36.5 Å². The molecule has 5 heteroatoms. The minimum Gasteiger partial charge on any atom is -0.352 e. The van der Waals surface area contributed by atoms with Gasteiger partial charge in [0.15, 0.2) is 5.16 Å². The molecule has 0 aliphatic heterocycles. The van der Waals surface area contributed by atoms with E-state index >= 15 is 0 Å². The number of aromatic nitrogens is 2. The number of nitrogens with zero attached hydrogens (tertiary/aromatic N) is 1. The highest BCUT2D eigenvalue weighted by atomic mass is 32.2. The van der Waals surface area contributed by atoms with Crippen LogP contribution < -0.4 is 5.32 Å². The van der Waals surface area contributed by atoms with Gasteiger partial charge >= 0.3 is 0 Å². The van der Waals surface area contributed by atoms with Crippen LogP contribution in [0, 0.1) is 5.92 Å². The third kappa shape index (κ3) is 4.38. The van der Waals surface area contributed by atoms with Gasteiger partial charge in [-0.3, -0.25) is 4.79 Å². The van der Waals surface area contributed by atoms with Gasteiger partial charge in [-0.15, -0.1) is 0 Å². The van der Waals surface area contributed by atoms with Crippen LogP contribution in [0.5, 0.6) is 0 Å². The summed E-state index contributed by atoms with van der Waals surface area (Å²) in [4.78, 5) is 19.8. The smallest absolute Gasteiger partial charge is 0.230 e. The molecular formula is C18H23N3OS. The summed E-state index contributed by atoms with van der Waals surface area (Å²) in [5.74, 6) is 1.10. The quantitative estimate of drug-likeness (QED) is 0.819. The zero-order valence-corrected chi connectivity index (χ0v) is 14.2. The highest BCUT2D eigenvalue weighted by molar-refractivity contribution is 7.99. The first-order chi connectivity index (χ1) is 11.2. The van der Waals surface area contributed by atoms with Crippen LogP contribution in [0.4, 0.5) is 0 Å². The van der Waals surface area contributed by atoms with Crippen LogP contribution in [0.2, 0.25) is 0 Å². The second-order valence-corrected chi connectivity index (χ2v) is 7.16. The summed E-state index contributed by atoms with van der Waals surface area (Å²) in [6.07, 6.45) is 6.66.